The smallest absolute Gasteiger partial charge is 0.328 e. The number of carboxylic acids is 2. The highest BCUT2D eigenvalue weighted by atomic mass is 16.4. The first kappa shape index (κ1) is 16.8. The van der Waals surface area contributed by atoms with Gasteiger partial charge in [0, 0.05) is 18.2 Å². The second-order valence-electron chi connectivity index (χ2n) is 3.54. The first-order chi connectivity index (χ1) is 7.29. The van der Waals surface area contributed by atoms with Crippen LogP contribution in [-0.4, -0.2) is 28.2 Å². The summed E-state index contributed by atoms with van der Waals surface area (Å²) in [6.07, 6.45) is 3.95. The van der Waals surface area contributed by atoms with Gasteiger partial charge in [0.05, 0.1) is 0 Å². The molecule has 1 atom stereocenters. The third-order valence-electron chi connectivity index (χ3n) is 1.41. The summed E-state index contributed by atoms with van der Waals surface area (Å²) in [5.41, 5.74) is 5.56. The number of carboxylic acid groups (broad SMARTS) is 2. The molecule has 0 saturated heterocycles. The van der Waals surface area contributed by atoms with E-state index in [4.69, 9.17) is 15.9 Å². The van der Waals surface area contributed by atoms with E-state index in [-0.39, 0.29) is 6.04 Å². The second-order valence-corrected chi connectivity index (χ2v) is 3.54. The van der Waals surface area contributed by atoms with E-state index in [1.54, 1.807) is 6.08 Å². The summed E-state index contributed by atoms with van der Waals surface area (Å²) in [5.74, 6) is -1.83. The number of nitrogens with two attached hydrogens (primary N) is 1. The first-order valence-corrected chi connectivity index (χ1v) is 4.81. The van der Waals surface area contributed by atoms with Crippen LogP contribution in [0.4, 0.5) is 0 Å². The number of carbonyl (C=O) groups is 2. The third kappa shape index (κ3) is 18.2. The minimum absolute atomic E-state index is 0.190. The van der Waals surface area contributed by atoms with Crippen molar-refractivity contribution in [2.45, 2.75) is 26.3 Å². The van der Waals surface area contributed by atoms with Crippen LogP contribution in [0, 0.1) is 5.92 Å². The highest BCUT2D eigenvalue weighted by Crippen LogP contribution is 2.01. The molecule has 0 aliphatic rings. The van der Waals surface area contributed by atoms with Gasteiger partial charge in [0.15, 0.2) is 0 Å². The Morgan fingerprint density at radius 1 is 1.25 bits per heavy atom. The van der Waals surface area contributed by atoms with E-state index in [0.717, 1.165) is 6.42 Å². The highest BCUT2D eigenvalue weighted by Gasteiger charge is 1.98. The Balaban J connectivity index is 0. The van der Waals surface area contributed by atoms with E-state index in [9.17, 15) is 9.59 Å². The lowest BCUT2D eigenvalue weighted by atomic mass is 10.1. The fraction of sp³-hybridized carbons (Fsp3) is 0.455. The van der Waals surface area contributed by atoms with Crippen molar-refractivity contribution in [1.82, 2.24) is 0 Å². The summed E-state index contributed by atoms with van der Waals surface area (Å²) >= 11 is 0. The van der Waals surface area contributed by atoms with Gasteiger partial charge in [0.2, 0.25) is 0 Å². The zero-order valence-electron chi connectivity index (χ0n) is 9.59. The standard InChI is InChI=1S/C7H15N.C4H4O4/c1-4-7(8)5-6(2)3;5-3(6)1-2-4(7)8/h4,6-7H,1,5,8H2,2-3H3;1-2H,(H,5,6)(H,7,8)/b;2-1-/t7-;/m1./s1. The fourth-order valence-corrected chi connectivity index (χ4v) is 0.783. The minimum Gasteiger partial charge on any atom is -0.478 e. The second kappa shape index (κ2) is 9.92. The molecule has 0 bridgehead atoms. The maximum absolute atomic E-state index is 9.55. The summed E-state index contributed by atoms with van der Waals surface area (Å²) in [6, 6.07) is 0.190. The zero-order valence-corrected chi connectivity index (χ0v) is 9.59. The maximum atomic E-state index is 9.55. The van der Waals surface area contributed by atoms with Gasteiger partial charge in [-0.05, 0) is 12.3 Å². The molecule has 5 nitrogen and oxygen atoms in total. The van der Waals surface area contributed by atoms with E-state index in [1.807, 2.05) is 0 Å². The number of hydrogen-bond donors (Lipinski definition) is 3. The monoisotopic (exact) mass is 229 g/mol. The molecule has 0 heterocycles. The Kier molecular flexibility index (Phi) is 10.4. The lowest BCUT2D eigenvalue weighted by Crippen LogP contribution is -2.18. The predicted octanol–water partition coefficient (Wildman–Crippen LogP) is 1.26. The summed E-state index contributed by atoms with van der Waals surface area (Å²) in [5, 5.41) is 15.6. The Bertz CT molecular complexity index is 243. The quantitative estimate of drug-likeness (QED) is 0.486. The van der Waals surface area contributed by atoms with Gasteiger partial charge in [-0.3, -0.25) is 0 Å². The molecule has 5 heteroatoms. The van der Waals surface area contributed by atoms with Crippen molar-refractivity contribution in [3.05, 3.63) is 24.8 Å². The van der Waals surface area contributed by atoms with Crippen molar-refractivity contribution >= 4 is 11.9 Å². The fourth-order valence-electron chi connectivity index (χ4n) is 0.783. The van der Waals surface area contributed by atoms with Gasteiger partial charge in [-0.2, -0.15) is 0 Å². The van der Waals surface area contributed by atoms with Crippen LogP contribution in [-0.2, 0) is 9.59 Å². The SMILES string of the molecule is C=C[C@@H](N)CC(C)C.O=C(O)/C=C\C(=O)O. The largest absolute Gasteiger partial charge is 0.478 e. The molecular formula is C11H19NO4. The van der Waals surface area contributed by atoms with Crippen LogP contribution in [0.5, 0.6) is 0 Å². The average molecular weight is 229 g/mol. The maximum Gasteiger partial charge on any atom is 0.328 e. The van der Waals surface area contributed by atoms with Crippen LogP contribution in [0.1, 0.15) is 20.3 Å². The number of hydrogen-bond acceptors (Lipinski definition) is 3. The molecular weight excluding hydrogens is 210 g/mol. The van der Waals surface area contributed by atoms with E-state index in [1.165, 1.54) is 0 Å². The molecule has 0 radical (unpaired) electrons. The lowest BCUT2D eigenvalue weighted by Gasteiger charge is -2.07. The van der Waals surface area contributed by atoms with Crippen LogP contribution < -0.4 is 5.73 Å². The molecule has 4 N–H and O–H groups in total. The Hall–Kier alpha value is -1.62. The summed E-state index contributed by atoms with van der Waals surface area (Å²) < 4.78 is 0. The summed E-state index contributed by atoms with van der Waals surface area (Å²) in [4.78, 5) is 19.1. The van der Waals surface area contributed by atoms with Gasteiger partial charge in [-0.25, -0.2) is 9.59 Å². The number of aliphatic carboxylic acids is 2. The third-order valence-corrected chi connectivity index (χ3v) is 1.41. The van der Waals surface area contributed by atoms with Crippen molar-refractivity contribution in [1.29, 1.82) is 0 Å². The molecule has 0 aromatic heterocycles. The normalized spacial score (nSPS) is 11.8. The minimum atomic E-state index is -1.26. The molecule has 16 heavy (non-hydrogen) atoms. The van der Waals surface area contributed by atoms with Gasteiger partial charge in [-0.15, -0.1) is 6.58 Å². The average Bonchev–Trinajstić information content (AvgIpc) is 2.14. The van der Waals surface area contributed by atoms with E-state index < -0.39 is 11.9 Å². The van der Waals surface area contributed by atoms with Crippen LogP contribution in [0.2, 0.25) is 0 Å². The molecule has 0 unspecified atom stereocenters. The van der Waals surface area contributed by atoms with Gasteiger partial charge in [0.1, 0.15) is 0 Å². The molecule has 0 aromatic carbocycles. The van der Waals surface area contributed by atoms with Crippen LogP contribution in [0.25, 0.3) is 0 Å². The topological polar surface area (TPSA) is 101 Å². The Morgan fingerprint density at radius 2 is 1.62 bits per heavy atom. The molecule has 0 aliphatic heterocycles. The van der Waals surface area contributed by atoms with Gasteiger partial charge in [0.25, 0.3) is 0 Å². The van der Waals surface area contributed by atoms with Crippen LogP contribution in [0.3, 0.4) is 0 Å². The van der Waals surface area contributed by atoms with E-state index in [2.05, 4.69) is 20.4 Å². The van der Waals surface area contributed by atoms with E-state index >= 15 is 0 Å². The zero-order chi connectivity index (χ0) is 13.1. The van der Waals surface area contributed by atoms with Crippen LogP contribution >= 0.6 is 0 Å². The van der Waals surface area contributed by atoms with Crippen molar-refractivity contribution < 1.29 is 19.8 Å². The summed E-state index contributed by atoms with van der Waals surface area (Å²) in [6.45, 7) is 7.90. The molecule has 0 fully saturated rings. The van der Waals surface area contributed by atoms with Crippen molar-refractivity contribution in [3.8, 4) is 0 Å². The summed E-state index contributed by atoms with van der Waals surface area (Å²) in [7, 11) is 0. The molecule has 0 aromatic rings. The Labute approximate surface area is 95.3 Å². The molecule has 0 spiro atoms. The molecule has 0 aliphatic carbocycles. The Morgan fingerprint density at radius 3 is 1.75 bits per heavy atom. The van der Waals surface area contributed by atoms with Crippen molar-refractivity contribution in [2.24, 2.45) is 11.7 Å². The van der Waals surface area contributed by atoms with Crippen LogP contribution in [0.15, 0.2) is 24.8 Å². The molecule has 0 saturated carbocycles. The predicted molar refractivity (Wildman–Crippen MR) is 62.0 cm³/mol. The van der Waals surface area contributed by atoms with Gasteiger partial charge in [-0.1, -0.05) is 19.9 Å². The highest BCUT2D eigenvalue weighted by molar-refractivity contribution is 5.89. The molecule has 0 amide bonds. The van der Waals surface area contributed by atoms with Gasteiger partial charge >= 0.3 is 11.9 Å². The lowest BCUT2D eigenvalue weighted by molar-refractivity contribution is -0.134. The molecule has 0 rings (SSSR count). The van der Waals surface area contributed by atoms with Crippen molar-refractivity contribution in [3.63, 3.8) is 0 Å². The van der Waals surface area contributed by atoms with Gasteiger partial charge < -0.3 is 15.9 Å². The van der Waals surface area contributed by atoms with Crippen molar-refractivity contribution in [2.75, 3.05) is 0 Å². The van der Waals surface area contributed by atoms with E-state index in [0.29, 0.717) is 18.1 Å². The molecule has 92 valence electrons. The number of rotatable bonds is 5. The first-order valence-electron chi connectivity index (χ1n) is 4.81.